The van der Waals surface area contributed by atoms with E-state index in [1.165, 1.54) is 0 Å². The van der Waals surface area contributed by atoms with Crippen molar-refractivity contribution in [2.75, 3.05) is 39.5 Å². The normalized spacial score (nSPS) is 16.3. The van der Waals surface area contributed by atoms with Gasteiger partial charge in [0, 0.05) is 18.7 Å². The Labute approximate surface area is 114 Å². The average molecular weight is 263 g/mol. The standard InChI is InChI=1S/C15H21NO3/c1-2-9-19-14-5-3-13(4-6-14)15(17)12-16-7-10-18-11-8-16/h3-6H,2,7-12H2,1H3. The second-order valence-electron chi connectivity index (χ2n) is 4.68. The molecule has 0 N–H and O–H groups in total. The number of hydrogen-bond donors (Lipinski definition) is 0. The average Bonchev–Trinajstić information content (AvgIpc) is 2.46. The van der Waals surface area contributed by atoms with E-state index in [2.05, 4.69) is 11.8 Å². The van der Waals surface area contributed by atoms with Crippen molar-refractivity contribution in [2.45, 2.75) is 13.3 Å². The topological polar surface area (TPSA) is 38.8 Å². The molecule has 19 heavy (non-hydrogen) atoms. The highest BCUT2D eigenvalue weighted by molar-refractivity contribution is 5.97. The first-order valence-corrected chi connectivity index (χ1v) is 6.85. The smallest absolute Gasteiger partial charge is 0.176 e. The minimum atomic E-state index is 0.156. The summed E-state index contributed by atoms with van der Waals surface area (Å²) in [6, 6.07) is 7.41. The molecule has 0 atom stereocenters. The molecule has 1 aliphatic heterocycles. The number of Topliss-reactive ketones (excluding diaryl/α,β-unsaturated/α-hetero) is 1. The van der Waals surface area contributed by atoms with Crippen LogP contribution in [0.4, 0.5) is 0 Å². The van der Waals surface area contributed by atoms with Gasteiger partial charge in [-0.15, -0.1) is 0 Å². The zero-order valence-corrected chi connectivity index (χ0v) is 11.4. The van der Waals surface area contributed by atoms with E-state index in [-0.39, 0.29) is 5.78 Å². The third kappa shape index (κ3) is 4.33. The van der Waals surface area contributed by atoms with Crippen LogP contribution < -0.4 is 4.74 Å². The van der Waals surface area contributed by atoms with Crippen LogP contribution in [0.25, 0.3) is 0 Å². The number of morpholine rings is 1. The second kappa shape index (κ2) is 7.26. The molecule has 0 radical (unpaired) electrons. The predicted molar refractivity (Wildman–Crippen MR) is 73.8 cm³/mol. The zero-order chi connectivity index (χ0) is 13.5. The lowest BCUT2D eigenvalue weighted by Gasteiger charge is -2.25. The van der Waals surface area contributed by atoms with Gasteiger partial charge >= 0.3 is 0 Å². The van der Waals surface area contributed by atoms with Gasteiger partial charge in [-0.05, 0) is 30.7 Å². The van der Waals surface area contributed by atoms with Gasteiger partial charge in [-0.25, -0.2) is 0 Å². The minimum Gasteiger partial charge on any atom is -0.494 e. The van der Waals surface area contributed by atoms with Gasteiger partial charge in [0.05, 0.1) is 26.4 Å². The van der Waals surface area contributed by atoms with Crippen LogP contribution in [0.1, 0.15) is 23.7 Å². The number of carbonyl (C=O) groups excluding carboxylic acids is 1. The molecular weight excluding hydrogens is 242 g/mol. The van der Waals surface area contributed by atoms with Crippen molar-refractivity contribution in [3.8, 4) is 5.75 Å². The molecule has 0 saturated carbocycles. The second-order valence-corrected chi connectivity index (χ2v) is 4.68. The highest BCUT2D eigenvalue weighted by Gasteiger charge is 2.15. The van der Waals surface area contributed by atoms with Crippen molar-refractivity contribution in [2.24, 2.45) is 0 Å². The maximum Gasteiger partial charge on any atom is 0.176 e. The molecule has 1 fully saturated rings. The molecule has 2 rings (SSSR count). The zero-order valence-electron chi connectivity index (χ0n) is 11.4. The lowest BCUT2D eigenvalue weighted by atomic mass is 10.1. The SMILES string of the molecule is CCCOc1ccc(C(=O)CN2CCOCC2)cc1. The number of hydrogen-bond acceptors (Lipinski definition) is 4. The summed E-state index contributed by atoms with van der Waals surface area (Å²) in [5.41, 5.74) is 0.746. The molecule has 1 heterocycles. The van der Waals surface area contributed by atoms with Gasteiger partial charge in [0.2, 0.25) is 0 Å². The lowest BCUT2D eigenvalue weighted by Crippen LogP contribution is -2.39. The maximum absolute atomic E-state index is 12.1. The summed E-state index contributed by atoms with van der Waals surface area (Å²) in [4.78, 5) is 14.2. The van der Waals surface area contributed by atoms with E-state index >= 15 is 0 Å². The van der Waals surface area contributed by atoms with Gasteiger partial charge in [-0.2, -0.15) is 0 Å². The highest BCUT2D eigenvalue weighted by atomic mass is 16.5. The van der Waals surface area contributed by atoms with E-state index in [0.717, 1.165) is 44.0 Å². The van der Waals surface area contributed by atoms with Crippen LogP contribution in [0, 0.1) is 0 Å². The largest absolute Gasteiger partial charge is 0.494 e. The summed E-state index contributed by atoms with van der Waals surface area (Å²) in [7, 11) is 0. The summed E-state index contributed by atoms with van der Waals surface area (Å²) in [5, 5.41) is 0. The summed E-state index contributed by atoms with van der Waals surface area (Å²) >= 11 is 0. The number of rotatable bonds is 6. The molecule has 4 nitrogen and oxygen atoms in total. The van der Waals surface area contributed by atoms with Crippen LogP contribution in [0.2, 0.25) is 0 Å². The Morgan fingerprint density at radius 1 is 1.26 bits per heavy atom. The van der Waals surface area contributed by atoms with Gasteiger partial charge in [-0.3, -0.25) is 9.69 Å². The van der Waals surface area contributed by atoms with Crippen LogP contribution in [0.5, 0.6) is 5.75 Å². The summed E-state index contributed by atoms with van der Waals surface area (Å²) < 4.78 is 10.8. The van der Waals surface area contributed by atoms with E-state index in [1.54, 1.807) is 0 Å². The van der Waals surface area contributed by atoms with Crippen molar-refractivity contribution >= 4 is 5.78 Å². The van der Waals surface area contributed by atoms with E-state index in [4.69, 9.17) is 9.47 Å². The summed E-state index contributed by atoms with van der Waals surface area (Å²) in [5.74, 6) is 0.980. The van der Waals surface area contributed by atoms with Crippen LogP contribution in [-0.4, -0.2) is 50.1 Å². The fourth-order valence-electron chi connectivity index (χ4n) is 2.01. The predicted octanol–water partition coefficient (Wildman–Crippen LogP) is 1.99. The molecule has 1 aliphatic rings. The Kier molecular flexibility index (Phi) is 5.36. The molecule has 0 bridgehead atoms. The molecule has 0 aromatic heterocycles. The first kappa shape index (κ1) is 14.0. The van der Waals surface area contributed by atoms with Gasteiger partial charge in [0.25, 0.3) is 0 Å². The fraction of sp³-hybridized carbons (Fsp3) is 0.533. The number of ketones is 1. The quantitative estimate of drug-likeness (QED) is 0.736. The van der Waals surface area contributed by atoms with Crippen LogP contribution in [0.3, 0.4) is 0 Å². The van der Waals surface area contributed by atoms with Crippen molar-refractivity contribution in [3.05, 3.63) is 29.8 Å². The Morgan fingerprint density at radius 3 is 2.58 bits per heavy atom. The van der Waals surface area contributed by atoms with Crippen molar-refractivity contribution in [1.29, 1.82) is 0 Å². The first-order chi connectivity index (χ1) is 9.29. The molecule has 0 amide bonds. The molecule has 1 aromatic rings. The van der Waals surface area contributed by atoms with Crippen LogP contribution in [0.15, 0.2) is 24.3 Å². The van der Waals surface area contributed by atoms with E-state index in [0.29, 0.717) is 13.2 Å². The third-order valence-electron chi connectivity index (χ3n) is 3.12. The monoisotopic (exact) mass is 263 g/mol. The molecule has 0 aliphatic carbocycles. The number of carbonyl (C=O) groups is 1. The molecule has 1 aromatic carbocycles. The molecule has 0 spiro atoms. The Balaban J connectivity index is 1.87. The molecule has 1 saturated heterocycles. The maximum atomic E-state index is 12.1. The molecular formula is C15H21NO3. The number of nitrogens with zero attached hydrogens (tertiary/aromatic N) is 1. The molecule has 104 valence electrons. The fourth-order valence-corrected chi connectivity index (χ4v) is 2.01. The Morgan fingerprint density at radius 2 is 1.95 bits per heavy atom. The molecule has 4 heteroatoms. The summed E-state index contributed by atoms with van der Waals surface area (Å²) in [6.45, 7) is 6.36. The summed E-state index contributed by atoms with van der Waals surface area (Å²) in [6.07, 6.45) is 0.984. The van der Waals surface area contributed by atoms with Crippen LogP contribution in [-0.2, 0) is 4.74 Å². The number of ether oxygens (including phenoxy) is 2. The Bertz CT molecular complexity index is 396. The van der Waals surface area contributed by atoms with Crippen molar-refractivity contribution in [3.63, 3.8) is 0 Å². The van der Waals surface area contributed by atoms with Crippen molar-refractivity contribution in [1.82, 2.24) is 4.90 Å². The first-order valence-electron chi connectivity index (χ1n) is 6.85. The number of benzene rings is 1. The van der Waals surface area contributed by atoms with Crippen LogP contribution >= 0.6 is 0 Å². The molecule has 0 unspecified atom stereocenters. The van der Waals surface area contributed by atoms with Gasteiger partial charge in [-0.1, -0.05) is 6.92 Å². The van der Waals surface area contributed by atoms with Gasteiger partial charge < -0.3 is 9.47 Å². The highest BCUT2D eigenvalue weighted by Crippen LogP contribution is 2.13. The van der Waals surface area contributed by atoms with Crippen molar-refractivity contribution < 1.29 is 14.3 Å². The lowest BCUT2D eigenvalue weighted by molar-refractivity contribution is 0.0371. The van der Waals surface area contributed by atoms with E-state index < -0.39 is 0 Å². The van der Waals surface area contributed by atoms with E-state index in [1.807, 2.05) is 24.3 Å². The van der Waals surface area contributed by atoms with Gasteiger partial charge in [0.1, 0.15) is 5.75 Å². The third-order valence-corrected chi connectivity index (χ3v) is 3.12. The Hall–Kier alpha value is -1.39. The minimum absolute atomic E-state index is 0.156. The van der Waals surface area contributed by atoms with Gasteiger partial charge in [0.15, 0.2) is 5.78 Å². The van der Waals surface area contributed by atoms with E-state index in [9.17, 15) is 4.79 Å².